The van der Waals surface area contributed by atoms with Crippen LogP contribution in [-0.4, -0.2) is 60.1 Å². The Morgan fingerprint density at radius 3 is 2.31 bits per heavy atom. The maximum absolute atomic E-state index is 14.0. The quantitative estimate of drug-likeness (QED) is 0.111. The van der Waals surface area contributed by atoms with Gasteiger partial charge in [0.2, 0.25) is 11.8 Å². The molecule has 45 heavy (non-hydrogen) atoms. The lowest BCUT2D eigenvalue weighted by atomic mass is 9.56. The summed E-state index contributed by atoms with van der Waals surface area (Å²) in [7, 11) is 0. The number of aromatic hydroxyl groups is 1. The number of nitrogens with zero attached hydrogens (tertiary/aromatic N) is 3. The van der Waals surface area contributed by atoms with E-state index in [9.17, 15) is 47.6 Å². The topological polar surface area (TPSA) is 147 Å². The van der Waals surface area contributed by atoms with Gasteiger partial charge >= 0.3 is 6.36 Å². The number of non-ortho nitro benzene ring substituents is 1. The van der Waals surface area contributed by atoms with E-state index in [0.717, 1.165) is 40.1 Å². The Bertz CT molecular complexity index is 1720. The molecule has 1 N–H and O–H groups in total. The van der Waals surface area contributed by atoms with Crippen molar-refractivity contribution in [3.05, 3.63) is 69.8 Å². The van der Waals surface area contributed by atoms with Crippen LogP contribution in [0.2, 0.25) is 0 Å². The van der Waals surface area contributed by atoms with Gasteiger partial charge in [0.25, 0.3) is 17.5 Å². The number of halogens is 6. The monoisotopic (exact) mass is 731 g/mol. The second-order valence-electron chi connectivity index (χ2n) is 11.0. The third-order valence-corrected chi connectivity index (χ3v) is 10.8. The zero-order valence-electron chi connectivity index (χ0n) is 22.5. The van der Waals surface area contributed by atoms with Crippen LogP contribution in [-0.2, 0) is 19.2 Å². The van der Waals surface area contributed by atoms with Crippen LogP contribution in [0.5, 0.6) is 11.5 Å². The minimum atomic E-state index is -5.11. The molecule has 2 heterocycles. The molecular weight excluding hydrogens is 714 g/mol. The predicted octanol–water partition coefficient (Wildman–Crippen LogP) is 5.11. The summed E-state index contributed by atoms with van der Waals surface area (Å²) in [6.07, 6.45) is -4.04. The molecule has 2 aliphatic heterocycles. The van der Waals surface area contributed by atoms with E-state index in [-0.39, 0.29) is 34.4 Å². The van der Waals surface area contributed by atoms with Crippen LogP contribution in [0.15, 0.2) is 54.1 Å². The maximum atomic E-state index is 14.0. The third kappa shape index (κ3) is 4.45. The van der Waals surface area contributed by atoms with E-state index >= 15 is 0 Å². The molecular formula is C28H19BrCl2F3N3O8. The number of allylic oxidation sites excluding steroid dienone is 2. The number of nitro groups is 1. The molecule has 0 spiro atoms. The first-order valence-electron chi connectivity index (χ1n) is 13.3. The first-order valence-corrected chi connectivity index (χ1v) is 15.1. The van der Waals surface area contributed by atoms with Crippen LogP contribution < -0.4 is 9.64 Å². The molecule has 3 fully saturated rings. The molecule has 236 valence electrons. The molecule has 0 unspecified atom stereocenters. The van der Waals surface area contributed by atoms with Gasteiger partial charge in [-0.05, 0) is 49.1 Å². The lowest BCUT2D eigenvalue weighted by Crippen LogP contribution is -2.60. The second-order valence-corrected chi connectivity index (χ2v) is 12.8. The van der Waals surface area contributed by atoms with Crippen LogP contribution in [0, 0.1) is 27.9 Å². The van der Waals surface area contributed by atoms with E-state index in [1.807, 2.05) is 0 Å². The number of nitro benzene ring substituents is 1. The highest BCUT2D eigenvalue weighted by molar-refractivity contribution is 9.09. The second kappa shape index (κ2) is 10.4. The van der Waals surface area contributed by atoms with Crippen LogP contribution in [0.3, 0.4) is 0 Å². The summed E-state index contributed by atoms with van der Waals surface area (Å²) in [5.41, 5.74) is -0.614. The van der Waals surface area contributed by atoms with Gasteiger partial charge in [-0.25, -0.2) is 0 Å². The molecule has 2 aromatic rings. The molecule has 2 saturated heterocycles. The first kappa shape index (κ1) is 31.3. The van der Waals surface area contributed by atoms with Crippen LogP contribution >= 0.6 is 39.1 Å². The zero-order chi connectivity index (χ0) is 32.8. The van der Waals surface area contributed by atoms with Crippen LogP contribution in [0.1, 0.15) is 24.3 Å². The summed E-state index contributed by atoms with van der Waals surface area (Å²) in [6, 6.07) is 7.34. The number of benzene rings is 2. The number of alkyl halides is 6. The van der Waals surface area contributed by atoms with Gasteiger partial charge in [-0.3, -0.25) is 39.1 Å². The van der Waals surface area contributed by atoms with Crippen molar-refractivity contribution in [1.29, 1.82) is 0 Å². The Morgan fingerprint density at radius 2 is 1.71 bits per heavy atom. The van der Waals surface area contributed by atoms with E-state index in [2.05, 4.69) is 20.7 Å². The fourth-order valence-electron chi connectivity index (χ4n) is 7.04. The Morgan fingerprint density at radius 1 is 1.04 bits per heavy atom. The van der Waals surface area contributed by atoms with Crippen LogP contribution in [0.4, 0.5) is 24.5 Å². The van der Waals surface area contributed by atoms with Gasteiger partial charge in [0.1, 0.15) is 11.5 Å². The molecule has 17 heteroatoms. The number of phenolic OH excluding ortho intramolecular Hbond substituents is 1. The molecule has 0 aromatic heterocycles. The lowest BCUT2D eigenvalue weighted by molar-refractivity contribution is -0.384. The summed E-state index contributed by atoms with van der Waals surface area (Å²) < 4.78 is 43.5. The molecule has 0 radical (unpaired) electrons. The van der Waals surface area contributed by atoms with Crippen molar-refractivity contribution in [2.45, 2.75) is 34.9 Å². The van der Waals surface area contributed by atoms with E-state index < -0.39 is 86.3 Å². The molecule has 6 atom stereocenters. The van der Waals surface area contributed by atoms with Gasteiger partial charge in [-0.15, -0.1) is 36.4 Å². The number of anilines is 1. The van der Waals surface area contributed by atoms with Crippen molar-refractivity contribution in [2.24, 2.45) is 17.8 Å². The number of amides is 4. The summed E-state index contributed by atoms with van der Waals surface area (Å²) in [5.74, 6) is -9.24. The van der Waals surface area contributed by atoms with Gasteiger partial charge < -0.3 is 9.84 Å². The molecule has 0 bridgehead atoms. The van der Waals surface area contributed by atoms with Gasteiger partial charge in [-0.2, -0.15) is 0 Å². The molecule has 2 aliphatic carbocycles. The van der Waals surface area contributed by atoms with Crippen molar-refractivity contribution in [3.63, 3.8) is 0 Å². The largest absolute Gasteiger partial charge is 0.573 e. The van der Waals surface area contributed by atoms with E-state index in [1.165, 1.54) is 18.2 Å². The minimum absolute atomic E-state index is 0.0624. The van der Waals surface area contributed by atoms with E-state index in [4.69, 9.17) is 23.2 Å². The number of carbonyl (C=O) groups is 4. The van der Waals surface area contributed by atoms with Crippen molar-refractivity contribution in [3.8, 4) is 11.5 Å². The number of imide groups is 2. The summed E-state index contributed by atoms with van der Waals surface area (Å²) in [4.78, 5) is 62.6. The Balaban J connectivity index is 1.50. The number of phenols is 1. The fraction of sp³-hybridized carbons (Fsp3) is 0.357. The third-order valence-electron chi connectivity index (χ3n) is 8.88. The van der Waals surface area contributed by atoms with Gasteiger partial charge in [-0.1, -0.05) is 27.6 Å². The SMILES string of the molecule is O=C1[C@H]2[C@H](CC=C3[C@H]2C[C@@]2(Cl)C(=O)N(CBr)C(=O)[C@@]2(Cl)[C@H]3c2cc(OC(F)(F)F)ccc2O)C(=O)N1c1ccc([N+](=O)[O-])cc1. The van der Waals surface area contributed by atoms with Crippen molar-refractivity contribution in [1.82, 2.24) is 4.90 Å². The standard InChI is InChI=1S/C28H19BrCl2F3N3O8/c29-11-35-24(41)26(30)10-18-15(21(27(26,31)25(35)42)17-9-14(5-8-19(17)38)45-28(32,33)34)6-7-16-20(18)23(40)36(22(16)39)12-1-3-13(4-2-12)37(43)44/h1-6,8-9,16,18,20-21,38H,7,10-11H2/t16-,18+,20-,21+,26+,27-/m0/s1. The molecule has 2 aromatic carbocycles. The average Bonchev–Trinajstić information content (AvgIpc) is 3.31. The van der Waals surface area contributed by atoms with E-state index in [0.29, 0.717) is 0 Å². The number of carbonyl (C=O) groups excluding carboxylic acids is 4. The molecule has 11 nitrogen and oxygen atoms in total. The molecule has 1 saturated carbocycles. The Labute approximate surface area is 269 Å². The van der Waals surface area contributed by atoms with Crippen LogP contribution in [0.25, 0.3) is 0 Å². The number of fused-ring (bicyclic) bond motifs is 4. The molecule has 4 amide bonds. The fourth-order valence-corrected chi connectivity index (χ4v) is 8.45. The number of ether oxygens (including phenoxy) is 1. The lowest BCUT2D eigenvalue weighted by Gasteiger charge is -2.50. The normalized spacial score (nSPS) is 31.0. The highest BCUT2D eigenvalue weighted by Gasteiger charge is 2.76. The van der Waals surface area contributed by atoms with Crippen molar-refractivity contribution >= 4 is 74.1 Å². The first-order chi connectivity index (χ1) is 21.0. The average molecular weight is 733 g/mol. The number of rotatable bonds is 5. The summed E-state index contributed by atoms with van der Waals surface area (Å²) in [5, 5.41) is 22.1. The smallest absolute Gasteiger partial charge is 0.508 e. The van der Waals surface area contributed by atoms with Gasteiger partial charge in [0, 0.05) is 23.6 Å². The predicted molar refractivity (Wildman–Crippen MR) is 154 cm³/mol. The number of hydrogen-bond acceptors (Lipinski definition) is 8. The zero-order valence-corrected chi connectivity index (χ0v) is 25.6. The summed E-state index contributed by atoms with van der Waals surface area (Å²) in [6.45, 7) is 0. The summed E-state index contributed by atoms with van der Waals surface area (Å²) >= 11 is 17.2. The van der Waals surface area contributed by atoms with Gasteiger partial charge in [0.05, 0.1) is 27.9 Å². The van der Waals surface area contributed by atoms with E-state index in [1.54, 1.807) is 0 Å². The maximum Gasteiger partial charge on any atom is 0.573 e. The highest BCUT2D eigenvalue weighted by Crippen LogP contribution is 2.66. The van der Waals surface area contributed by atoms with Gasteiger partial charge in [0.15, 0.2) is 9.75 Å². The van der Waals surface area contributed by atoms with Crippen molar-refractivity contribution < 1.29 is 47.1 Å². The minimum Gasteiger partial charge on any atom is -0.508 e. The highest BCUT2D eigenvalue weighted by atomic mass is 79.9. The Kier molecular flexibility index (Phi) is 7.25. The molecule has 4 aliphatic rings. The van der Waals surface area contributed by atoms with Crippen molar-refractivity contribution in [2.75, 3.05) is 10.4 Å². The number of hydrogen-bond donors (Lipinski definition) is 1. The Hall–Kier alpha value is -3.69. The number of likely N-dealkylation sites (tertiary alicyclic amines) is 1. The molecule has 6 rings (SSSR count).